The first-order valence-electron chi connectivity index (χ1n) is 6.94. The lowest BCUT2D eigenvalue weighted by molar-refractivity contribution is -0.127. The van der Waals surface area contributed by atoms with Gasteiger partial charge in [-0.25, -0.2) is 9.58 Å². The van der Waals surface area contributed by atoms with E-state index in [0.717, 1.165) is 4.90 Å². The first-order chi connectivity index (χ1) is 11.0. The van der Waals surface area contributed by atoms with Crippen LogP contribution in [0.25, 0.3) is 5.69 Å². The summed E-state index contributed by atoms with van der Waals surface area (Å²) in [6, 6.07) is 3.56. The van der Waals surface area contributed by atoms with E-state index in [9.17, 15) is 9.59 Å². The molecule has 0 aliphatic heterocycles. The normalized spacial score (nSPS) is 12.0. The molecular weight excluding hydrogens is 336 g/mol. The van der Waals surface area contributed by atoms with E-state index in [1.165, 1.54) is 11.6 Å². The summed E-state index contributed by atoms with van der Waals surface area (Å²) in [6.45, 7) is 3.12. The van der Waals surface area contributed by atoms with Gasteiger partial charge in [-0.1, -0.05) is 18.5 Å². The number of rotatable bonds is 5. The van der Waals surface area contributed by atoms with Crippen molar-refractivity contribution in [1.29, 1.82) is 0 Å². The summed E-state index contributed by atoms with van der Waals surface area (Å²) in [7, 11) is 0. The average molecular weight is 353 g/mol. The minimum atomic E-state index is -0.393. The van der Waals surface area contributed by atoms with E-state index in [0.29, 0.717) is 11.4 Å². The predicted octanol–water partition coefficient (Wildman–Crippen LogP) is 2.80. The summed E-state index contributed by atoms with van der Waals surface area (Å²) in [5, 5.41) is 4.25. The molecule has 0 bridgehead atoms. The lowest BCUT2D eigenvalue weighted by atomic mass is 10.2. The Hall–Kier alpha value is -1.86. The van der Waals surface area contributed by atoms with Crippen molar-refractivity contribution in [3.8, 4) is 5.69 Å². The van der Waals surface area contributed by atoms with E-state index in [4.69, 9.17) is 11.6 Å². The number of hydrogen-bond donors (Lipinski definition) is 0. The third-order valence-corrected chi connectivity index (χ3v) is 4.28. The van der Waals surface area contributed by atoms with Crippen molar-refractivity contribution < 1.29 is 9.59 Å². The largest absolute Gasteiger partial charge is 0.274 e. The zero-order valence-corrected chi connectivity index (χ0v) is 14.6. The number of nitrogens with zero attached hydrogens (tertiary/aromatic N) is 4. The van der Waals surface area contributed by atoms with Gasteiger partial charge in [-0.2, -0.15) is 16.9 Å². The zero-order valence-electron chi connectivity index (χ0n) is 13.1. The third-order valence-electron chi connectivity index (χ3n) is 3.18. The molecule has 2 heterocycles. The molecule has 0 radical (unpaired) electrons. The number of amides is 2. The number of aromatic nitrogens is 3. The van der Waals surface area contributed by atoms with Crippen LogP contribution in [0.15, 0.2) is 30.7 Å². The van der Waals surface area contributed by atoms with Gasteiger partial charge in [0.2, 0.25) is 11.8 Å². The first-order valence-corrected chi connectivity index (χ1v) is 8.72. The van der Waals surface area contributed by atoms with Gasteiger partial charge in [0.1, 0.15) is 5.69 Å². The molecular formula is C15H17ClN4O2S. The van der Waals surface area contributed by atoms with Crippen LogP contribution in [0, 0.1) is 5.92 Å². The second kappa shape index (κ2) is 7.61. The fourth-order valence-electron chi connectivity index (χ4n) is 2.10. The maximum Gasteiger partial charge on any atom is 0.237 e. The molecule has 0 saturated heterocycles. The molecule has 0 fully saturated rings. The molecule has 122 valence electrons. The van der Waals surface area contributed by atoms with Crippen LogP contribution in [0.5, 0.6) is 0 Å². The summed E-state index contributed by atoms with van der Waals surface area (Å²) < 4.78 is 1.49. The minimum Gasteiger partial charge on any atom is -0.274 e. The van der Waals surface area contributed by atoms with Gasteiger partial charge in [0.05, 0.1) is 18.1 Å². The van der Waals surface area contributed by atoms with E-state index in [-0.39, 0.29) is 22.7 Å². The van der Waals surface area contributed by atoms with Gasteiger partial charge in [0, 0.05) is 24.8 Å². The van der Waals surface area contributed by atoms with Gasteiger partial charge in [0.15, 0.2) is 5.15 Å². The molecule has 2 rings (SSSR count). The number of pyridine rings is 1. The molecule has 0 N–H and O–H groups in total. The van der Waals surface area contributed by atoms with Gasteiger partial charge >= 0.3 is 0 Å². The summed E-state index contributed by atoms with van der Waals surface area (Å²) in [4.78, 5) is 29.6. The van der Waals surface area contributed by atoms with E-state index in [1.54, 1.807) is 49.4 Å². The van der Waals surface area contributed by atoms with E-state index < -0.39 is 5.91 Å². The highest BCUT2D eigenvalue weighted by molar-refractivity contribution is 7.98. The summed E-state index contributed by atoms with van der Waals surface area (Å²) in [5.41, 5.74) is 0.967. The Morgan fingerprint density at radius 1 is 1.48 bits per heavy atom. The van der Waals surface area contributed by atoms with Crippen molar-refractivity contribution in [2.45, 2.75) is 13.8 Å². The minimum absolute atomic E-state index is 0.0914. The number of anilines is 1. The molecule has 1 atom stereocenters. The lowest BCUT2D eigenvalue weighted by Gasteiger charge is -2.21. The Kier molecular flexibility index (Phi) is 5.79. The highest BCUT2D eigenvalue weighted by Crippen LogP contribution is 2.27. The van der Waals surface area contributed by atoms with Gasteiger partial charge in [-0.05, 0) is 18.4 Å². The lowest BCUT2D eigenvalue weighted by Crippen LogP contribution is -2.39. The van der Waals surface area contributed by atoms with Crippen molar-refractivity contribution in [2.24, 2.45) is 5.92 Å². The molecule has 2 amide bonds. The molecule has 0 aliphatic rings. The molecule has 0 saturated carbocycles. The standard InChI is InChI=1S/C15H17ClN4O2S/c1-10(9-23-3)15(22)20(11(2)21)13-8-19(18-14(13)16)12-5-4-6-17-7-12/h4-8,10H,9H2,1-3H3. The Morgan fingerprint density at radius 3 is 2.78 bits per heavy atom. The number of thioether (sulfide) groups is 1. The van der Waals surface area contributed by atoms with Gasteiger partial charge < -0.3 is 0 Å². The Bertz CT molecular complexity index is 705. The Labute approximate surface area is 143 Å². The van der Waals surface area contributed by atoms with Crippen molar-refractivity contribution in [1.82, 2.24) is 14.8 Å². The zero-order chi connectivity index (χ0) is 17.0. The van der Waals surface area contributed by atoms with Crippen molar-refractivity contribution in [3.05, 3.63) is 35.9 Å². The molecule has 2 aromatic rings. The summed E-state index contributed by atoms with van der Waals surface area (Å²) in [6.07, 6.45) is 6.73. The number of halogens is 1. The predicted molar refractivity (Wildman–Crippen MR) is 92.1 cm³/mol. The fourth-order valence-corrected chi connectivity index (χ4v) is 2.96. The molecule has 0 aromatic carbocycles. The first kappa shape index (κ1) is 17.5. The van der Waals surface area contributed by atoms with Crippen molar-refractivity contribution in [3.63, 3.8) is 0 Å². The molecule has 23 heavy (non-hydrogen) atoms. The van der Waals surface area contributed by atoms with Crippen LogP contribution < -0.4 is 4.90 Å². The monoisotopic (exact) mass is 352 g/mol. The molecule has 0 aliphatic carbocycles. The SMILES string of the molecule is CSCC(C)C(=O)N(C(C)=O)c1cn(-c2cccnc2)nc1Cl. The number of carbonyl (C=O) groups is 2. The van der Waals surface area contributed by atoms with E-state index in [2.05, 4.69) is 10.1 Å². The van der Waals surface area contributed by atoms with Gasteiger partial charge in [-0.15, -0.1) is 0 Å². The molecule has 2 aromatic heterocycles. The average Bonchev–Trinajstić information content (AvgIpc) is 2.90. The number of carbonyl (C=O) groups excluding carboxylic acids is 2. The summed E-state index contributed by atoms with van der Waals surface area (Å²) in [5.74, 6) is -0.362. The maximum atomic E-state index is 12.6. The Morgan fingerprint density at radius 2 is 2.22 bits per heavy atom. The molecule has 1 unspecified atom stereocenters. The molecule has 8 heteroatoms. The van der Waals surface area contributed by atoms with E-state index in [1.807, 2.05) is 6.26 Å². The smallest absolute Gasteiger partial charge is 0.237 e. The van der Waals surface area contributed by atoms with Crippen LogP contribution in [0.2, 0.25) is 5.15 Å². The van der Waals surface area contributed by atoms with Crippen molar-refractivity contribution >= 4 is 40.9 Å². The van der Waals surface area contributed by atoms with Gasteiger partial charge in [-0.3, -0.25) is 14.6 Å². The van der Waals surface area contributed by atoms with Crippen LogP contribution >= 0.6 is 23.4 Å². The van der Waals surface area contributed by atoms with Crippen LogP contribution in [0.3, 0.4) is 0 Å². The highest BCUT2D eigenvalue weighted by Gasteiger charge is 2.28. The number of hydrogen-bond acceptors (Lipinski definition) is 5. The second-order valence-corrected chi connectivity index (χ2v) is 6.28. The van der Waals surface area contributed by atoms with Gasteiger partial charge in [0.25, 0.3) is 0 Å². The van der Waals surface area contributed by atoms with E-state index >= 15 is 0 Å². The topological polar surface area (TPSA) is 68.1 Å². The van der Waals surface area contributed by atoms with Crippen LogP contribution in [0.1, 0.15) is 13.8 Å². The van der Waals surface area contributed by atoms with Crippen LogP contribution in [0.4, 0.5) is 5.69 Å². The Balaban J connectivity index is 2.39. The van der Waals surface area contributed by atoms with Crippen LogP contribution in [-0.4, -0.2) is 38.6 Å². The molecule has 6 nitrogen and oxygen atoms in total. The second-order valence-electron chi connectivity index (χ2n) is 5.01. The highest BCUT2D eigenvalue weighted by atomic mass is 35.5. The maximum absolute atomic E-state index is 12.6. The third kappa shape index (κ3) is 3.92. The quantitative estimate of drug-likeness (QED) is 0.827. The summed E-state index contributed by atoms with van der Waals surface area (Å²) >= 11 is 7.70. The van der Waals surface area contributed by atoms with Crippen molar-refractivity contribution in [2.75, 3.05) is 16.9 Å². The van der Waals surface area contributed by atoms with Crippen LogP contribution in [-0.2, 0) is 9.59 Å². The fraction of sp³-hybridized carbons (Fsp3) is 0.333. The molecule has 0 spiro atoms. The number of imide groups is 1.